The van der Waals surface area contributed by atoms with Crippen LogP contribution in [0.1, 0.15) is 79.6 Å². The summed E-state index contributed by atoms with van der Waals surface area (Å²) in [4.78, 5) is 61.3. The molecule has 0 radical (unpaired) electrons. The highest BCUT2D eigenvalue weighted by molar-refractivity contribution is 5.93. The first-order chi connectivity index (χ1) is 17.2. The van der Waals surface area contributed by atoms with Crippen LogP contribution in [0.15, 0.2) is 11.6 Å². The van der Waals surface area contributed by atoms with Crippen LogP contribution in [0.4, 0.5) is 0 Å². The van der Waals surface area contributed by atoms with E-state index in [1.807, 2.05) is 6.92 Å². The normalized spacial score (nSPS) is 38.9. The Labute approximate surface area is 217 Å². The van der Waals surface area contributed by atoms with Gasteiger partial charge in [0.1, 0.15) is 0 Å². The topological polar surface area (TPSA) is 133 Å². The van der Waals surface area contributed by atoms with Crippen molar-refractivity contribution in [2.45, 2.75) is 96.9 Å². The van der Waals surface area contributed by atoms with Gasteiger partial charge < -0.3 is 19.3 Å². The van der Waals surface area contributed by atoms with Crippen molar-refractivity contribution in [3.05, 3.63) is 11.6 Å². The molecule has 4 rings (SSSR count). The standard InChI is InChI=1S/C28H38O9/c1-16(30)37-25(2,3)24(34)35-14-22(33)28(36-15-29)11-9-20-19-7-6-17-12-18(31)8-10-26(17,4)23(19)21(32)13-27(20,28)5/h12,15,19-21,23,32H,6-11,13-14H2,1-5H3/t19-,20-,21-,23+,26-,27-,28+/m0/s1. The summed E-state index contributed by atoms with van der Waals surface area (Å²) in [6, 6.07) is 0. The fourth-order valence-corrected chi connectivity index (χ4v) is 8.30. The molecule has 0 bridgehead atoms. The van der Waals surface area contributed by atoms with Crippen molar-refractivity contribution in [1.82, 2.24) is 0 Å². The molecule has 0 saturated heterocycles. The third kappa shape index (κ3) is 4.23. The zero-order valence-corrected chi connectivity index (χ0v) is 22.3. The van der Waals surface area contributed by atoms with E-state index < -0.39 is 47.0 Å². The average Bonchev–Trinajstić information content (AvgIpc) is 3.09. The molecule has 1 N–H and O–H groups in total. The molecule has 0 aromatic rings. The van der Waals surface area contributed by atoms with Gasteiger partial charge in [0.2, 0.25) is 11.4 Å². The van der Waals surface area contributed by atoms with Crippen LogP contribution < -0.4 is 0 Å². The van der Waals surface area contributed by atoms with Crippen molar-refractivity contribution < 1.29 is 43.3 Å². The lowest BCUT2D eigenvalue weighted by Crippen LogP contribution is -2.63. The van der Waals surface area contributed by atoms with Gasteiger partial charge in [0.05, 0.1) is 6.10 Å². The van der Waals surface area contributed by atoms with Gasteiger partial charge in [-0.1, -0.05) is 19.4 Å². The second kappa shape index (κ2) is 9.33. The number of carbonyl (C=O) groups is 5. The van der Waals surface area contributed by atoms with Gasteiger partial charge in [-0.05, 0) is 81.6 Å². The number of Topliss-reactive ketones (excluding diaryl/α,β-unsaturated/α-hetero) is 1. The molecule has 9 nitrogen and oxygen atoms in total. The van der Waals surface area contributed by atoms with Crippen LogP contribution in [0.2, 0.25) is 0 Å². The van der Waals surface area contributed by atoms with Crippen LogP contribution in [0.5, 0.6) is 0 Å². The average molecular weight is 519 g/mol. The highest BCUT2D eigenvalue weighted by Crippen LogP contribution is 2.68. The van der Waals surface area contributed by atoms with Crippen molar-refractivity contribution in [3.8, 4) is 0 Å². The van der Waals surface area contributed by atoms with Gasteiger partial charge in [0.25, 0.3) is 6.47 Å². The highest BCUT2D eigenvalue weighted by Gasteiger charge is 2.70. The van der Waals surface area contributed by atoms with Crippen molar-refractivity contribution in [1.29, 1.82) is 0 Å². The van der Waals surface area contributed by atoms with Crippen LogP contribution >= 0.6 is 0 Å². The minimum Gasteiger partial charge on any atom is -0.455 e. The summed E-state index contributed by atoms with van der Waals surface area (Å²) in [6.07, 6.45) is 4.88. The highest BCUT2D eigenvalue weighted by atomic mass is 16.6. The van der Waals surface area contributed by atoms with Crippen LogP contribution in [-0.4, -0.2) is 59.0 Å². The number of esters is 2. The van der Waals surface area contributed by atoms with Crippen molar-refractivity contribution >= 4 is 30.0 Å². The van der Waals surface area contributed by atoms with Gasteiger partial charge in [-0.3, -0.25) is 19.2 Å². The molecule has 4 aliphatic carbocycles. The van der Waals surface area contributed by atoms with Gasteiger partial charge in [-0.25, -0.2) is 4.79 Å². The predicted molar refractivity (Wildman–Crippen MR) is 130 cm³/mol. The van der Waals surface area contributed by atoms with Gasteiger partial charge in [0, 0.05) is 18.8 Å². The largest absolute Gasteiger partial charge is 0.455 e. The van der Waals surface area contributed by atoms with Crippen molar-refractivity contribution in [2.24, 2.45) is 28.6 Å². The number of ether oxygens (including phenoxy) is 3. The summed E-state index contributed by atoms with van der Waals surface area (Å²) in [5.41, 5.74) is -3.15. The third-order valence-corrected chi connectivity index (χ3v) is 9.94. The number of ketones is 2. The maximum absolute atomic E-state index is 13.7. The molecular weight excluding hydrogens is 480 g/mol. The first-order valence-corrected chi connectivity index (χ1v) is 13.2. The van der Waals surface area contributed by atoms with Crippen LogP contribution in [0.25, 0.3) is 0 Å². The molecular formula is C28H38O9. The lowest BCUT2D eigenvalue weighted by molar-refractivity contribution is -0.197. The van der Waals surface area contributed by atoms with E-state index in [1.165, 1.54) is 20.8 Å². The molecule has 0 unspecified atom stereocenters. The molecule has 4 aliphatic rings. The van der Waals surface area contributed by atoms with Gasteiger partial charge >= 0.3 is 11.9 Å². The number of aliphatic hydroxyl groups excluding tert-OH is 1. The number of allylic oxidation sites excluding steroid dienone is 1. The fourth-order valence-electron chi connectivity index (χ4n) is 8.30. The quantitative estimate of drug-likeness (QED) is 0.307. The molecule has 0 heterocycles. The molecule has 9 heteroatoms. The molecule has 0 aliphatic heterocycles. The minimum absolute atomic E-state index is 0.00833. The van der Waals surface area contributed by atoms with Crippen LogP contribution in [0.3, 0.4) is 0 Å². The molecule has 0 amide bonds. The summed E-state index contributed by atoms with van der Waals surface area (Å²) in [6.45, 7) is 7.58. The second-order valence-electron chi connectivity index (χ2n) is 12.3. The number of carbonyl (C=O) groups excluding carboxylic acids is 5. The molecule has 204 valence electrons. The summed E-state index contributed by atoms with van der Waals surface area (Å²) in [5, 5.41) is 11.6. The number of rotatable bonds is 7. The lowest BCUT2D eigenvalue weighted by Gasteiger charge is -2.60. The zero-order valence-electron chi connectivity index (χ0n) is 22.3. The Kier molecular flexibility index (Phi) is 6.93. The number of fused-ring (bicyclic) bond motifs is 5. The number of hydrogen-bond acceptors (Lipinski definition) is 9. The van der Waals surface area contributed by atoms with Crippen LogP contribution in [0, 0.1) is 28.6 Å². The summed E-state index contributed by atoms with van der Waals surface area (Å²) < 4.78 is 15.8. The summed E-state index contributed by atoms with van der Waals surface area (Å²) >= 11 is 0. The van der Waals surface area contributed by atoms with E-state index in [2.05, 4.69) is 6.92 Å². The van der Waals surface area contributed by atoms with Gasteiger partial charge in [0.15, 0.2) is 18.0 Å². The monoisotopic (exact) mass is 518 g/mol. The first kappa shape index (κ1) is 27.5. The van der Waals surface area contributed by atoms with Crippen molar-refractivity contribution in [3.63, 3.8) is 0 Å². The maximum atomic E-state index is 13.7. The third-order valence-electron chi connectivity index (χ3n) is 9.94. The first-order valence-electron chi connectivity index (χ1n) is 13.2. The Balaban J connectivity index is 1.60. The van der Waals surface area contributed by atoms with E-state index >= 15 is 0 Å². The Morgan fingerprint density at radius 2 is 1.86 bits per heavy atom. The predicted octanol–water partition coefficient (Wildman–Crippen LogP) is 2.85. The second-order valence-corrected chi connectivity index (χ2v) is 12.3. The molecule has 0 spiro atoms. The smallest absolute Gasteiger partial charge is 0.350 e. The Morgan fingerprint density at radius 3 is 2.51 bits per heavy atom. The maximum Gasteiger partial charge on any atom is 0.350 e. The molecule has 3 fully saturated rings. The van der Waals surface area contributed by atoms with Gasteiger partial charge in [-0.15, -0.1) is 0 Å². The molecule has 0 aromatic carbocycles. The fraction of sp³-hybridized carbons (Fsp3) is 0.750. The Hall–Kier alpha value is -2.55. The van der Waals surface area contributed by atoms with Crippen molar-refractivity contribution in [2.75, 3.05) is 6.61 Å². The Morgan fingerprint density at radius 1 is 1.16 bits per heavy atom. The lowest BCUT2D eigenvalue weighted by atomic mass is 9.45. The number of aliphatic hydroxyl groups is 1. The van der Waals surface area contributed by atoms with E-state index in [1.54, 1.807) is 6.08 Å². The molecule has 37 heavy (non-hydrogen) atoms. The zero-order chi connectivity index (χ0) is 27.4. The summed E-state index contributed by atoms with van der Waals surface area (Å²) in [7, 11) is 0. The van der Waals surface area contributed by atoms with E-state index in [4.69, 9.17) is 14.2 Å². The minimum atomic E-state index is -1.58. The molecule has 0 aromatic heterocycles. The SMILES string of the molecule is CC(=O)OC(C)(C)C(=O)OCC(=O)[C@]1(OC=O)CC[C@H]2[C@@H]3CCC4=CC(=O)CC[C@]4(C)[C@H]3[C@@H](O)C[C@@]21C. The van der Waals surface area contributed by atoms with Crippen LogP contribution in [-0.2, 0) is 38.2 Å². The molecule has 3 saturated carbocycles. The summed E-state index contributed by atoms with van der Waals surface area (Å²) in [5.74, 6) is -1.90. The van der Waals surface area contributed by atoms with E-state index in [0.717, 1.165) is 18.4 Å². The number of hydrogen-bond donors (Lipinski definition) is 1. The molecule has 7 atom stereocenters. The Bertz CT molecular complexity index is 1040. The van der Waals surface area contributed by atoms with Gasteiger partial charge in [-0.2, -0.15) is 0 Å². The van der Waals surface area contributed by atoms with E-state index in [0.29, 0.717) is 19.3 Å². The van der Waals surface area contributed by atoms with E-state index in [-0.39, 0.29) is 48.3 Å². The van der Waals surface area contributed by atoms with E-state index in [9.17, 15) is 29.1 Å².